The van der Waals surface area contributed by atoms with Gasteiger partial charge in [-0.2, -0.15) is 15.0 Å². The van der Waals surface area contributed by atoms with Crippen LogP contribution in [0, 0.1) is 0 Å². The van der Waals surface area contributed by atoms with Gasteiger partial charge in [0.1, 0.15) is 5.69 Å². The van der Waals surface area contributed by atoms with Gasteiger partial charge in [-0.25, -0.2) is 4.79 Å². The monoisotopic (exact) mass is 232 g/mol. The predicted molar refractivity (Wildman–Crippen MR) is 56.8 cm³/mol. The molecule has 1 aromatic carbocycles. The maximum atomic E-state index is 11.1. The molecule has 0 aliphatic carbocycles. The lowest BCUT2D eigenvalue weighted by atomic mass is 10.1. The Kier molecular flexibility index (Phi) is 2.57. The summed E-state index contributed by atoms with van der Waals surface area (Å²) in [6.45, 7) is 0. The Labute approximate surface area is 95.5 Å². The van der Waals surface area contributed by atoms with Crippen LogP contribution in [-0.2, 0) is 0 Å². The SMILES string of the molecule is NC(=O)c1ccc(-n2nccn2)c(C(=O)O)c1. The molecule has 0 radical (unpaired) electrons. The molecule has 0 saturated heterocycles. The molecule has 7 heteroatoms. The standard InChI is InChI=1S/C10H8N4O3/c11-9(15)6-1-2-8(7(5-6)10(16)17)14-12-3-4-13-14/h1-5H,(H2,11,15)(H,16,17). The normalized spacial score (nSPS) is 10.1. The number of primary amides is 1. The molecule has 3 N–H and O–H groups in total. The summed E-state index contributed by atoms with van der Waals surface area (Å²) in [7, 11) is 0. The average Bonchev–Trinajstić information content (AvgIpc) is 2.81. The molecule has 0 saturated carbocycles. The lowest BCUT2D eigenvalue weighted by Gasteiger charge is -2.05. The highest BCUT2D eigenvalue weighted by atomic mass is 16.4. The minimum absolute atomic E-state index is 0.0856. The molecular weight excluding hydrogens is 224 g/mol. The van der Waals surface area contributed by atoms with E-state index in [9.17, 15) is 9.59 Å². The van der Waals surface area contributed by atoms with Crippen molar-refractivity contribution in [2.24, 2.45) is 5.73 Å². The van der Waals surface area contributed by atoms with Crippen molar-refractivity contribution in [3.05, 3.63) is 41.7 Å². The molecule has 0 atom stereocenters. The van der Waals surface area contributed by atoms with Gasteiger partial charge in [0.15, 0.2) is 0 Å². The number of nitrogens with zero attached hydrogens (tertiary/aromatic N) is 3. The number of rotatable bonds is 3. The van der Waals surface area contributed by atoms with Crippen LogP contribution >= 0.6 is 0 Å². The van der Waals surface area contributed by atoms with E-state index in [1.165, 1.54) is 30.6 Å². The zero-order chi connectivity index (χ0) is 12.4. The predicted octanol–water partition coefficient (Wildman–Crippen LogP) is 0.0644. The number of carboxylic acids is 1. The third-order valence-corrected chi connectivity index (χ3v) is 2.15. The van der Waals surface area contributed by atoms with Gasteiger partial charge in [-0.05, 0) is 18.2 Å². The zero-order valence-electron chi connectivity index (χ0n) is 8.57. The Morgan fingerprint density at radius 2 is 1.88 bits per heavy atom. The number of carbonyl (C=O) groups is 2. The summed E-state index contributed by atoms with van der Waals surface area (Å²) in [4.78, 5) is 23.2. The van der Waals surface area contributed by atoms with Gasteiger partial charge in [0.2, 0.25) is 5.91 Å². The first kappa shape index (κ1) is 10.8. The van der Waals surface area contributed by atoms with Crippen LogP contribution in [0.2, 0.25) is 0 Å². The number of carboxylic acid groups (broad SMARTS) is 1. The van der Waals surface area contributed by atoms with E-state index in [-0.39, 0.29) is 16.8 Å². The van der Waals surface area contributed by atoms with Crippen LogP contribution in [0.5, 0.6) is 0 Å². The topological polar surface area (TPSA) is 111 Å². The molecule has 1 amide bonds. The van der Waals surface area contributed by atoms with Crippen LogP contribution < -0.4 is 5.73 Å². The van der Waals surface area contributed by atoms with Crippen LogP contribution in [0.15, 0.2) is 30.6 Å². The number of nitrogens with two attached hydrogens (primary N) is 1. The highest BCUT2D eigenvalue weighted by Gasteiger charge is 2.15. The summed E-state index contributed by atoms with van der Waals surface area (Å²) in [5, 5.41) is 16.7. The third kappa shape index (κ3) is 1.98. The zero-order valence-corrected chi connectivity index (χ0v) is 8.57. The summed E-state index contributed by atoms with van der Waals surface area (Å²) >= 11 is 0. The van der Waals surface area contributed by atoms with Crippen molar-refractivity contribution in [3.63, 3.8) is 0 Å². The molecule has 0 aliphatic heterocycles. The number of aromatic nitrogens is 3. The van der Waals surface area contributed by atoms with Crippen molar-refractivity contribution < 1.29 is 14.7 Å². The van der Waals surface area contributed by atoms with Crippen LogP contribution in [0.1, 0.15) is 20.7 Å². The Morgan fingerprint density at radius 1 is 1.24 bits per heavy atom. The van der Waals surface area contributed by atoms with Crippen LogP contribution in [-0.4, -0.2) is 32.0 Å². The number of hydrogen-bond acceptors (Lipinski definition) is 4. The van der Waals surface area contributed by atoms with E-state index >= 15 is 0 Å². The summed E-state index contributed by atoms with van der Waals surface area (Å²) < 4.78 is 0. The van der Waals surface area contributed by atoms with Crippen LogP contribution in [0.3, 0.4) is 0 Å². The Hall–Kier alpha value is -2.70. The van der Waals surface area contributed by atoms with Crippen molar-refractivity contribution in [2.45, 2.75) is 0 Å². The van der Waals surface area contributed by atoms with E-state index in [0.29, 0.717) is 0 Å². The molecule has 0 fully saturated rings. The molecule has 7 nitrogen and oxygen atoms in total. The Bertz CT molecular complexity index is 577. The fourth-order valence-corrected chi connectivity index (χ4v) is 1.38. The minimum Gasteiger partial charge on any atom is -0.478 e. The molecular formula is C10H8N4O3. The van der Waals surface area contributed by atoms with Crippen molar-refractivity contribution >= 4 is 11.9 Å². The molecule has 2 aromatic rings. The van der Waals surface area contributed by atoms with Crippen molar-refractivity contribution in [3.8, 4) is 5.69 Å². The molecule has 1 aromatic heterocycles. The maximum absolute atomic E-state index is 11.1. The maximum Gasteiger partial charge on any atom is 0.337 e. The number of amides is 1. The first-order chi connectivity index (χ1) is 8.09. The van der Waals surface area contributed by atoms with Crippen LogP contribution in [0.4, 0.5) is 0 Å². The third-order valence-electron chi connectivity index (χ3n) is 2.15. The van der Waals surface area contributed by atoms with Gasteiger partial charge >= 0.3 is 5.97 Å². The molecule has 0 spiro atoms. The van der Waals surface area contributed by atoms with Gasteiger partial charge in [0.05, 0.1) is 18.0 Å². The van der Waals surface area contributed by atoms with Gasteiger partial charge in [-0.1, -0.05) is 0 Å². The first-order valence-electron chi connectivity index (χ1n) is 4.63. The van der Waals surface area contributed by atoms with E-state index in [4.69, 9.17) is 10.8 Å². The van der Waals surface area contributed by atoms with Gasteiger partial charge in [0.25, 0.3) is 0 Å². The lowest BCUT2D eigenvalue weighted by Crippen LogP contribution is -2.14. The second kappa shape index (κ2) is 4.05. The number of aromatic carboxylic acids is 1. The highest BCUT2D eigenvalue weighted by Crippen LogP contribution is 2.15. The first-order valence-corrected chi connectivity index (χ1v) is 4.63. The molecule has 0 unspecified atom stereocenters. The van der Waals surface area contributed by atoms with Gasteiger partial charge < -0.3 is 10.8 Å². The van der Waals surface area contributed by atoms with Gasteiger partial charge in [0, 0.05) is 5.56 Å². The Balaban J connectivity index is 2.61. The van der Waals surface area contributed by atoms with E-state index in [2.05, 4.69) is 10.2 Å². The number of hydrogen-bond donors (Lipinski definition) is 2. The summed E-state index contributed by atoms with van der Waals surface area (Å²) in [6.07, 6.45) is 2.85. The van der Waals surface area contributed by atoms with E-state index in [1.807, 2.05) is 0 Å². The molecule has 1 heterocycles. The number of carbonyl (C=O) groups excluding carboxylic acids is 1. The average molecular weight is 232 g/mol. The molecule has 86 valence electrons. The van der Waals surface area contributed by atoms with Crippen molar-refractivity contribution in [1.29, 1.82) is 0 Å². The van der Waals surface area contributed by atoms with E-state index < -0.39 is 11.9 Å². The molecule has 0 bridgehead atoms. The molecule has 2 rings (SSSR count). The second-order valence-electron chi connectivity index (χ2n) is 3.22. The van der Waals surface area contributed by atoms with E-state index in [1.54, 1.807) is 0 Å². The van der Waals surface area contributed by atoms with Crippen LogP contribution in [0.25, 0.3) is 5.69 Å². The summed E-state index contributed by atoms with van der Waals surface area (Å²) in [5.41, 5.74) is 5.39. The summed E-state index contributed by atoms with van der Waals surface area (Å²) in [5.74, 6) is -1.87. The smallest absolute Gasteiger partial charge is 0.337 e. The van der Waals surface area contributed by atoms with Crippen molar-refractivity contribution in [2.75, 3.05) is 0 Å². The summed E-state index contributed by atoms with van der Waals surface area (Å²) in [6, 6.07) is 4.06. The molecule has 17 heavy (non-hydrogen) atoms. The minimum atomic E-state index is -1.18. The fraction of sp³-hybridized carbons (Fsp3) is 0. The largest absolute Gasteiger partial charge is 0.478 e. The highest BCUT2D eigenvalue weighted by molar-refractivity contribution is 5.98. The van der Waals surface area contributed by atoms with Gasteiger partial charge in [-0.3, -0.25) is 4.79 Å². The fourth-order valence-electron chi connectivity index (χ4n) is 1.38. The Morgan fingerprint density at radius 3 is 2.41 bits per heavy atom. The van der Waals surface area contributed by atoms with Crippen molar-refractivity contribution in [1.82, 2.24) is 15.0 Å². The number of benzene rings is 1. The van der Waals surface area contributed by atoms with Gasteiger partial charge in [-0.15, -0.1) is 0 Å². The second-order valence-corrected chi connectivity index (χ2v) is 3.22. The van der Waals surface area contributed by atoms with E-state index in [0.717, 1.165) is 4.80 Å². The molecule has 0 aliphatic rings. The quantitative estimate of drug-likeness (QED) is 0.777. The lowest BCUT2D eigenvalue weighted by molar-refractivity contribution is 0.0696.